The van der Waals surface area contributed by atoms with E-state index in [4.69, 9.17) is 9.15 Å². The molecule has 18 heavy (non-hydrogen) atoms. The van der Waals surface area contributed by atoms with Gasteiger partial charge in [0, 0.05) is 0 Å². The van der Waals surface area contributed by atoms with Crippen LogP contribution in [0.15, 0.2) is 40.8 Å². The molecule has 0 aliphatic heterocycles. The van der Waals surface area contributed by atoms with Gasteiger partial charge in [-0.2, -0.15) is 0 Å². The smallest absolute Gasteiger partial charge is 0.291 e. The van der Waals surface area contributed by atoms with E-state index in [1.807, 2.05) is 25.1 Å². The van der Waals surface area contributed by atoms with Crippen molar-refractivity contribution < 1.29 is 13.9 Å². The van der Waals surface area contributed by atoms with Crippen LogP contribution >= 0.6 is 0 Å². The van der Waals surface area contributed by atoms with Gasteiger partial charge in [-0.05, 0) is 38.1 Å². The second-order valence-corrected chi connectivity index (χ2v) is 3.79. The van der Waals surface area contributed by atoms with Crippen LogP contribution in [0.4, 0.5) is 5.69 Å². The van der Waals surface area contributed by atoms with Crippen molar-refractivity contribution in [3.63, 3.8) is 0 Å². The third-order valence-corrected chi connectivity index (χ3v) is 2.40. The van der Waals surface area contributed by atoms with Gasteiger partial charge in [-0.3, -0.25) is 4.79 Å². The Morgan fingerprint density at radius 3 is 2.72 bits per heavy atom. The van der Waals surface area contributed by atoms with Crippen molar-refractivity contribution in [3.8, 4) is 5.75 Å². The maximum absolute atomic E-state index is 11.9. The Morgan fingerprint density at radius 1 is 1.28 bits per heavy atom. The minimum Gasteiger partial charge on any atom is -0.492 e. The molecule has 0 bridgehead atoms. The van der Waals surface area contributed by atoms with Crippen molar-refractivity contribution in [2.24, 2.45) is 0 Å². The van der Waals surface area contributed by atoms with Crippen LogP contribution in [-0.4, -0.2) is 12.5 Å². The number of rotatable bonds is 4. The van der Waals surface area contributed by atoms with Crippen molar-refractivity contribution in [3.05, 3.63) is 47.9 Å². The van der Waals surface area contributed by atoms with Gasteiger partial charge in [-0.25, -0.2) is 0 Å². The molecule has 1 aromatic carbocycles. The molecular formula is C14H15NO3. The van der Waals surface area contributed by atoms with Crippen molar-refractivity contribution in [1.82, 2.24) is 0 Å². The highest BCUT2D eigenvalue weighted by Gasteiger charge is 2.12. The number of hydrogen-bond acceptors (Lipinski definition) is 3. The molecule has 1 aromatic heterocycles. The maximum Gasteiger partial charge on any atom is 0.291 e. The number of ether oxygens (including phenoxy) is 1. The van der Waals surface area contributed by atoms with E-state index in [9.17, 15) is 4.79 Å². The molecule has 4 nitrogen and oxygen atoms in total. The zero-order chi connectivity index (χ0) is 13.0. The number of nitrogens with one attached hydrogen (secondary N) is 1. The fraction of sp³-hybridized carbons (Fsp3) is 0.214. The number of carbonyl (C=O) groups excluding carboxylic acids is 1. The van der Waals surface area contributed by atoms with Gasteiger partial charge in [0.05, 0.1) is 12.3 Å². The summed E-state index contributed by atoms with van der Waals surface area (Å²) in [6, 6.07) is 10.7. The van der Waals surface area contributed by atoms with E-state index >= 15 is 0 Å². The molecule has 2 aromatic rings. The Kier molecular flexibility index (Phi) is 3.67. The molecule has 94 valence electrons. The van der Waals surface area contributed by atoms with Gasteiger partial charge in [-0.1, -0.05) is 12.1 Å². The van der Waals surface area contributed by atoms with E-state index in [1.165, 1.54) is 0 Å². The summed E-state index contributed by atoms with van der Waals surface area (Å²) in [6.07, 6.45) is 0. The van der Waals surface area contributed by atoms with Crippen molar-refractivity contribution in [1.29, 1.82) is 0 Å². The first-order valence-electron chi connectivity index (χ1n) is 5.80. The zero-order valence-corrected chi connectivity index (χ0v) is 10.4. The lowest BCUT2D eigenvalue weighted by Crippen LogP contribution is -2.12. The molecule has 2 rings (SSSR count). The minimum absolute atomic E-state index is 0.282. The standard InChI is InChI=1S/C14H15NO3/c1-3-17-12-7-5-4-6-11(12)15-14(16)13-9-8-10(2)18-13/h4-9H,3H2,1-2H3,(H,15,16). The van der Waals surface area contributed by atoms with Crippen molar-refractivity contribution in [2.75, 3.05) is 11.9 Å². The zero-order valence-electron chi connectivity index (χ0n) is 10.4. The van der Waals surface area contributed by atoms with E-state index in [0.29, 0.717) is 29.6 Å². The molecule has 0 fully saturated rings. The summed E-state index contributed by atoms with van der Waals surface area (Å²) in [7, 11) is 0. The highest BCUT2D eigenvalue weighted by molar-refractivity contribution is 6.03. The molecule has 1 amide bonds. The normalized spacial score (nSPS) is 10.1. The number of para-hydroxylation sites is 2. The monoisotopic (exact) mass is 245 g/mol. The third-order valence-electron chi connectivity index (χ3n) is 2.40. The summed E-state index contributed by atoms with van der Waals surface area (Å²) >= 11 is 0. The number of carbonyl (C=O) groups is 1. The summed E-state index contributed by atoms with van der Waals surface area (Å²) in [5.74, 6) is 1.36. The molecule has 0 unspecified atom stereocenters. The van der Waals surface area contributed by atoms with Crippen LogP contribution in [0, 0.1) is 6.92 Å². The number of hydrogen-bond donors (Lipinski definition) is 1. The van der Waals surface area contributed by atoms with Gasteiger partial charge in [0.15, 0.2) is 5.76 Å². The van der Waals surface area contributed by atoms with E-state index in [0.717, 1.165) is 0 Å². The van der Waals surface area contributed by atoms with Gasteiger partial charge in [0.25, 0.3) is 5.91 Å². The van der Waals surface area contributed by atoms with Crippen LogP contribution < -0.4 is 10.1 Å². The van der Waals surface area contributed by atoms with Gasteiger partial charge in [-0.15, -0.1) is 0 Å². The number of furan rings is 1. The predicted octanol–water partition coefficient (Wildman–Crippen LogP) is 3.24. The first-order chi connectivity index (χ1) is 8.70. The second-order valence-electron chi connectivity index (χ2n) is 3.79. The molecular weight excluding hydrogens is 230 g/mol. The summed E-state index contributed by atoms with van der Waals surface area (Å²) in [4.78, 5) is 11.9. The average Bonchev–Trinajstić information content (AvgIpc) is 2.79. The first-order valence-corrected chi connectivity index (χ1v) is 5.80. The highest BCUT2D eigenvalue weighted by atomic mass is 16.5. The fourth-order valence-electron chi connectivity index (χ4n) is 1.59. The average molecular weight is 245 g/mol. The van der Waals surface area contributed by atoms with Crippen LogP contribution in [-0.2, 0) is 0 Å². The SMILES string of the molecule is CCOc1ccccc1NC(=O)c1ccc(C)o1. The van der Waals surface area contributed by atoms with E-state index in [2.05, 4.69) is 5.32 Å². The van der Waals surface area contributed by atoms with Gasteiger partial charge < -0.3 is 14.5 Å². The maximum atomic E-state index is 11.9. The van der Waals surface area contributed by atoms with Crippen LogP contribution in [0.2, 0.25) is 0 Å². The molecule has 1 N–H and O–H groups in total. The molecule has 1 heterocycles. The van der Waals surface area contributed by atoms with Gasteiger partial charge in [0.1, 0.15) is 11.5 Å². The molecule has 0 aliphatic rings. The van der Waals surface area contributed by atoms with Crippen molar-refractivity contribution in [2.45, 2.75) is 13.8 Å². The number of benzene rings is 1. The summed E-state index contributed by atoms with van der Waals surface area (Å²) < 4.78 is 10.7. The lowest BCUT2D eigenvalue weighted by molar-refractivity contribution is 0.0995. The van der Waals surface area contributed by atoms with E-state index in [1.54, 1.807) is 25.1 Å². The fourth-order valence-corrected chi connectivity index (χ4v) is 1.59. The molecule has 0 aliphatic carbocycles. The van der Waals surface area contributed by atoms with Gasteiger partial charge in [0.2, 0.25) is 0 Å². The molecule has 4 heteroatoms. The predicted molar refractivity (Wildman–Crippen MR) is 69.0 cm³/mol. The number of amides is 1. The highest BCUT2D eigenvalue weighted by Crippen LogP contribution is 2.24. The Bertz CT molecular complexity index is 545. The van der Waals surface area contributed by atoms with Crippen LogP contribution in [0.1, 0.15) is 23.2 Å². The van der Waals surface area contributed by atoms with Crippen LogP contribution in [0.3, 0.4) is 0 Å². The van der Waals surface area contributed by atoms with E-state index in [-0.39, 0.29) is 5.91 Å². The number of aryl methyl sites for hydroxylation is 1. The van der Waals surface area contributed by atoms with Crippen molar-refractivity contribution >= 4 is 11.6 Å². The quantitative estimate of drug-likeness (QED) is 0.899. The Morgan fingerprint density at radius 2 is 2.06 bits per heavy atom. The van der Waals surface area contributed by atoms with E-state index < -0.39 is 0 Å². The summed E-state index contributed by atoms with van der Waals surface area (Å²) in [5.41, 5.74) is 0.637. The summed E-state index contributed by atoms with van der Waals surface area (Å²) in [6.45, 7) is 4.24. The summed E-state index contributed by atoms with van der Waals surface area (Å²) in [5, 5.41) is 2.77. The molecule has 0 atom stereocenters. The third kappa shape index (κ3) is 2.71. The second kappa shape index (κ2) is 5.40. The molecule has 0 saturated heterocycles. The van der Waals surface area contributed by atoms with Crippen LogP contribution in [0.25, 0.3) is 0 Å². The topological polar surface area (TPSA) is 51.5 Å². The molecule has 0 spiro atoms. The molecule has 0 saturated carbocycles. The molecule has 0 radical (unpaired) electrons. The Labute approximate surface area is 106 Å². The largest absolute Gasteiger partial charge is 0.492 e. The van der Waals surface area contributed by atoms with Gasteiger partial charge >= 0.3 is 0 Å². The Balaban J connectivity index is 2.16. The minimum atomic E-state index is -0.282. The Hall–Kier alpha value is -2.23. The van der Waals surface area contributed by atoms with Crippen LogP contribution in [0.5, 0.6) is 5.75 Å². The lowest BCUT2D eigenvalue weighted by Gasteiger charge is -2.10. The first kappa shape index (κ1) is 12.2. The number of anilines is 1. The lowest BCUT2D eigenvalue weighted by atomic mass is 10.3.